The fourth-order valence-corrected chi connectivity index (χ4v) is 1.83. The zero-order chi connectivity index (χ0) is 15.1. The summed E-state index contributed by atoms with van der Waals surface area (Å²) in [7, 11) is 0. The molecule has 108 valence electrons. The van der Waals surface area contributed by atoms with Crippen molar-refractivity contribution in [3.05, 3.63) is 65.7 Å². The van der Waals surface area contributed by atoms with Crippen LogP contribution >= 0.6 is 0 Å². The van der Waals surface area contributed by atoms with Crippen LogP contribution in [0.3, 0.4) is 0 Å². The Balaban J connectivity index is 1.95. The third kappa shape index (κ3) is 4.65. The molecule has 0 saturated carbocycles. The van der Waals surface area contributed by atoms with Crippen LogP contribution in [-0.2, 0) is 22.6 Å². The Morgan fingerprint density at radius 2 is 1.67 bits per heavy atom. The summed E-state index contributed by atoms with van der Waals surface area (Å²) in [5, 5.41) is 11.4. The molecule has 2 rings (SSSR count). The molecule has 0 aliphatic carbocycles. The van der Waals surface area contributed by atoms with Crippen molar-refractivity contribution in [2.45, 2.75) is 13.0 Å². The molecule has 2 aromatic rings. The molecule has 0 atom stereocenters. The number of hydrogen-bond acceptors (Lipinski definition) is 3. The number of amides is 1. The number of para-hydroxylation sites is 1. The lowest BCUT2D eigenvalue weighted by Gasteiger charge is -2.10. The van der Waals surface area contributed by atoms with Crippen molar-refractivity contribution in [3.8, 4) is 0 Å². The average molecular weight is 285 g/mol. The number of carbonyl (C=O) groups excluding carboxylic acids is 1. The van der Waals surface area contributed by atoms with Gasteiger partial charge in [-0.3, -0.25) is 10.1 Å². The largest absolute Gasteiger partial charge is 0.481 e. The second-order valence-electron chi connectivity index (χ2n) is 4.41. The Labute approximate surface area is 122 Å². The van der Waals surface area contributed by atoms with E-state index in [0.29, 0.717) is 11.3 Å². The number of hydrogen-bond donors (Lipinski definition) is 2. The van der Waals surface area contributed by atoms with Gasteiger partial charge in [0.05, 0.1) is 6.42 Å². The summed E-state index contributed by atoms with van der Waals surface area (Å²) in [6.45, 7) is 0.160. The second-order valence-corrected chi connectivity index (χ2v) is 4.41. The van der Waals surface area contributed by atoms with E-state index in [4.69, 9.17) is 9.84 Å². The van der Waals surface area contributed by atoms with Crippen LogP contribution in [-0.4, -0.2) is 17.2 Å². The van der Waals surface area contributed by atoms with Gasteiger partial charge in [0.25, 0.3) is 0 Å². The van der Waals surface area contributed by atoms with E-state index in [0.717, 1.165) is 5.56 Å². The van der Waals surface area contributed by atoms with Crippen molar-refractivity contribution in [2.24, 2.45) is 0 Å². The molecule has 0 spiro atoms. The highest BCUT2D eigenvalue weighted by Crippen LogP contribution is 2.16. The third-order valence-corrected chi connectivity index (χ3v) is 2.81. The molecule has 0 unspecified atom stereocenters. The molecule has 0 aromatic heterocycles. The molecule has 0 radical (unpaired) electrons. The lowest BCUT2D eigenvalue weighted by Crippen LogP contribution is -2.15. The van der Waals surface area contributed by atoms with Gasteiger partial charge in [-0.2, -0.15) is 0 Å². The summed E-state index contributed by atoms with van der Waals surface area (Å²) in [4.78, 5) is 22.5. The van der Waals surface area contributed by atoms with Gasteiger partial charge in [0.1, 0.15) is 6.61 Å². The van der Waals surface area contributed by atoms with E-state index < -0.39 is 12.1 Å². The number of carbonyl (C=O) groups is 2. The number of nitrogens with one attached hydrogen (secondary N) is 1. The van der Waals surface area contributed by atoms with E-state index in [1.807, 2.05) is 30.3 Å². The summed E-state index contributed by atoms with van der Waals surface area (Å²) < 4.78 is 5.09. The number of carboxylic acids is 1. The first-order chi connectivity index (χ1) is 10.1. The minimum atomic E-state index is -0.957. The summed E-state index contributed by atoms with van der Waals surface area (Å²) in [6.07, 6.45) is -0.772. The summed E-state index contributed by atoms with van der Waals surface area (Å²) in [5.74, 6) is -0.957. The van der Waals surface area contributed by atoms with Gasteiger partial charge in [-0.25, -0.2) is 4.79 Å². The van der Waals surface area contributed by atoms with Crippen LogP contribution in [0.1, 0.15) is 11.1 Å². The maximum atomic E-state index is 11.7. The highest BCUT2D eigenvalue weighted by Gasteiger charge is 2.10. The van der Waals surface area contributed by atoms with Gasteiger partial charge < -0.3 is 9.84 Å². The Hall–Kier alpha value is -2.82. The van der Waals surface area contributed by atoms with E-state index in [1.165, 1.54) is 0 Å². The lowest BCUT2D eigenvalue weighted by atomic mass is 10.1. The molecule has 0 saturated heterocycles. The van der Waals surface area contributed by atoms with E-state index >= 15 is 0 Å². The van der Waals surface area contributed by atoms with Crippen molar-refractivity contribution in [1.82, 2.24) is 0 Å². The van der Waals surface area contributed by atoms with Crippen LogP contribution in [0.15, 0.2) is 54.6 Å². The van der Waals surface area contributed by atoms with Gasteiger partial charge >= 0.3 is 12.1 Å². The van der Waals surface area contributed by atoms with Gasteiger partial charge in [0, 0.05) is 5.69 Å². The third-order valence-electron chi connectivity index (χ3n) is 2.81. The number of aliphatic carboxylic acids is 1. The quantitative estimate of drug-likeness (QED) is 0.885. The van der Waals surface area contributed by atoms with Crippen molar-refractivity contribution in [1.29, 1.82) is 0 Å². The van der Waals surface area contributed by atoms with Gasteiger partial charge in [0.2, 0.25) is 0 Å². The highest BCUT2D eigenvalue weighted by atomic mass is 16.5. The van der Waals surface area contributed by atoms with Crippen molar-refractivity contribution < 1.29 is 19.4 Å². The van der Waals surface area contributed by atoms with Gasteiger partial charge in [-0.05, 0) is 17.2 Å². The van der Waals surface area contributed by atoms with E-state index in [9.17, 15) is 9.59 Å². The Morgan fingerprint density at radius 1 is 1.00 bits per heavy atom. The monoisotopic (exact) mass is 285 g/mol. The highest BCUT2D eigenvalue weighted by molar-refractivity contribution is 5.87. The van der Waals surface area contributed by atoms with Gasteiger partial charge in [0.15, 0.2) is 0 Å². The molecule has 5 heteroatoms. The first-order valence-corrected chi connectivity index (χ1v) is 6.42. The zero-order valence-electron chi connectivity index (χ0n) is 11.3. The first kappa shape index (κ1) is 14.6. The number of ether oxygens (including phenoxy) is 1. The topological polar surface area (TPSA) is 75.6 Å². The number of rotatable bonds is 5. The maximum absolute atomic E-state index is 11.7. The SMILES string of the molecule is O=C(O)Cc1ccccc1NC(=O)OCc1ccccc1. The Kier molecular flexibility index (Phi) is 4.93. The van der Waals surface area contributed by atoms with Crippen LogP contribution in [0, 0.1) is 0 Å². The molecule has 0 bridgehead atoms. The molecule has 21 heavy (non-hydrogen) atoms. The molecule has 0 aliphatic heterocycles. The van der Waals surface area contributed by atoms with Crippen LogP contribution in [0.4, 0.5) is 10.5 Å². The Morgan fingerprint density at radius 3 is 2.38 bits per heavy atom. The number of anilines is 1. The van der Waals surface area contributed by atoms with Crippen LogP contribution < -0.4 is 5.32 Å². The molecular formula is C16H15NO4. The second kappa shape index (κ2) is 7.09. The Bertz CT molecular complexity index is 625. The predicted molar refractivity (Wildman–Crippen MR) is 78.0 cm³/mol. The molecule has 0 aliphatic rings. The zero-order valence-corrected chi connectivity index (χ0v) is 11.3. The van der Waals surface area contributed by atoms with E-state index in [-0.39, 0.29) is 13.0 Å². The predicted octanol–water partition coefficient (Wildman–Crippen LogP) is 3.06. The summed E-state index contributed by atoms with van der Waals surface area (Å²) >= 11 is 0. The normalized spacial score (nSPS) is 9.90. The van der Waals surface area contributed by atoms with Crippen molar-refractivity contribution in [3.63, 3.8) is 0 Å². The standard InChI is InChI=1S/C16H15NO4/c18-15(19)10-13-8-4-5-9-14(13)17-16(20)21-11-12-6-2-1-3-7-12/h1-9H,10-11H2,(H,17,20)(H,18,19). The molecule has 1 amide bonds. The van der Waals surface area contributed by atoms with E-state index in [1.54, 1.807) is 24.3 Å². The summed E-state index contributed by atoms with van der Waals surface area (Å²) in [6, 6.07) is 16.0. The smallest absolute Gasteiger partial charge is 0.411 e. The van der Waals surface area contributed by atoms with Crippen LogP contribution in [0.2, 0.25) is 0 Å². The fraction of sp³-hybridized carbons (Fsp3) is 0.125. The molecule has 2 N–H and O–H groups in total. The van der Waals surface area contributed by atoms with Crippen LogP contribution in [0.25, 0.3) is 0 Å². The molecule has 2 aromatic carbocycles. The lowest BCUT2D eigenvalue weighted by molar-refractivity contribution is -0.136. The maximum Gasteiger partial charge on any atom is 0.411 e. The average Bonchev–Trinajstić information content (AvgIpc) is 2.48. The van der Waals surface area contributed by atoms with Crippen LogP contribution in [0.5, 0.6) is 0 Å². The minimum Gasteiger partial charge on any atom is -0.481 e. The molecule has 5 nitrogen and oxygen atoms in total. The summed E-state index contributed by atoms with van der Waals surface area (Å²) in [5.41, 5.74) is 1.85. The molecule has 0 heterocycles. The first-order valence-electron chi connectivity index (χ1n) is 6.42. The van der Waals surface area contributed by atoms with E-state index in [2.05, 4.69) is 5.32 Å². The number of carboxylic acid groups (broad SMARTS) is 1. The number of benzene rings is 2. The minimum absolute atomic E-state index is 0.158. The van der Waals surface area contributed by atoms with Gasteiger partial charge in [-0.15, -0.1) is 0 Å². The van der Waals surface area contributed by atoms with Gasteiger partial charge in [-0.1, -0.05) is 48.5 Å². The van der Waals surface area contributed by atoms with Crippen molar-refractivity contribution in [2.75, 3.05) is 5.32 Å². The molecule has 0 fully saturated rings. The molecular weight excluding hydrogens is 270 g/mol. The fourth-order valence-electron chi connectivity index (χ4n) is 1.83. The van der Waals surface area contributed by atoms with Crippen molar-refractivity contribution >= 4 is 17.7 Å².